The zero-order valence-electron chi connectivity index (χ0n) is 20.8. The Kier molecular flexibility index (Phi) is 7.17. The van der Waals surface area contributed by atoms with Crippen LogP contribution < -0.4 is 14.4 Å². The number of anilines is 1. The van der Waals surface area contributed by atoms with Crippen LogP contribution in [0.25, 0.3) is 5.76 Å². The fourth-order valence-electron chi connectivity index (χ4n) is 4.45. The monoisotopic (exact) mass is 506 g/mol. The first kappa shape index (κ1) is 24.8. The van der Waals surface area contributed by atoms with Gasteiger partial charge in [-0.1, -0.05) is 48.5 Å². The molecule has 1 aliphatic rings. The molecule has 5 rings (SSSR count). The second-order valence-electron chi connectivity index (χ2n) is 8.68. The molecule has 1 atom stereocenters. The third-order valence-corrected chi connectivity index (χ3v) is 6.23. The minimum absolute atomic E-state index is 0.0129. The summed E-state index contributed by atoms with van der Waals surface area (Å²) in [5, 5.41) is 11.3. The number of aromatic nitrogens is 1. The van der Waals surface area contributed by atoms with Crippen molar-refractivity contribution in [3.05, 3.63) is 126 Å². The summed E-state index contributed by atoms with van der Waals surface area (Å²) in [5.74, 6) is -0.611. The average molecular weight is 507 g/mol. The average Bonchev–Trinajstić information content (AvgIpc) is 3.23. The van der Waals surface area contributed by atoms with Gasteiger partial charge in [0.1, 0.15) is 23.9 Å². The fraction of sp³-hybridized carbons (Fsp3) is 0.129. The van der Waals surface area contributed by atoms with Gasteiger partial charge >= 0.3 is 0 Å². The lowest BCUT2D eigenvalue weighted by atomic mass is 9.96. The lowest BCUT2D eigenvalue weighted by molar-refractivity contribution is -0.132. The molecule has 1 N–H and O–H groups in total. The van der Waals surface area contributed by atoms with Gasteiger partial charge in [-0.2, -0.15) is 0 Å². The second kappa shape index (κ2) is 11.0. The molecule has 7 nitrogen and oxygen atoms in total. The lowest BCUT2D eigenvalue weighted by Gasteiger charge is -2.25. The highest BCUT2D eigenvalue weighted by Crippen LogP contribution is 2.42. The van der Waals surface area contributed by atoms with Gasteiger partial charge in [0.15, 0.2) is 0 Å². The maximum Gasteiger partial charge on any atom is 0.300 e. The summed E-state index contributed by atoms with van der Waals surface area (Å²) in [6.45, 7) is 2.72. The van der Waals surface area contributed by atoms with Gasteiger partial charge < -0.3 is 14.6 Å². The number of pyridine rings is 1. The molecule has 190 valence electrons. The molecule has 7 heteroatoms. The van der Waals surface area contributed by atoms with E-state index in [0.717, 1.165) is 5.56 Å². The second-order valence-corrected chi connectivity index (χ2v) is 8.68. The van der Waals surface area contributed by atoms with E-state index >= 15 is 0 Å². The van der Waals surface area contributed by atoms with Crippen LogP contribution in [0.5, 0.6) is 11.5 Å². The summed E-state index contributed by atoms with van der Waals surface area (Å²) in [6.07, 6.45) is 3.20. The number of nitrogens with zero attached hydrogens (tertiary/aromatic N) is 2. The molecule has 4 aromatic rings. The first-order valence-corrected chi connectivity index (χ1v) is 12.3. The molecule has 0 spiro atoms. The van der Waals surface area contributed by atoms with Crippen LogP contribution in [0.15, 0.2) is 109 Å². The SMILES string of the molecule is CCOc1cccc(/C(O)=C2/C(=O)C(=O)N(c3ccc(OCc4ccccc4)cc3)C2c2cccnc2)c1. The van der Waals surface area contributed by atoms with Gasteiger partial charge in [-0.15, -0.1) is 0 Å². The van der Waals surface area contributed by atoms with Crippen LogP contribution in [0, 0.1) is 0 Å². The van der Waals surface area contributed by atoms with Crippen molar-refractivity contribution in [2.24, 2.45) is 0 Å². The van der Waals surface area contributed by atoms with E-state index in [2.05, 4.69) is 4.98 Å². The molecule has 0 bridgehead atoms. The topological polar surface area (TPSA) is 89.0 Å². The number of amides is 1. The quantitative estimate of drug-likeness (QED) is 0.188. The first-order valence-electron chi connectivity index (χ1n) is 12.3. The van der Waals surface area contributed by atoms with Crippen LogP contribution in [0.1, 0.15) is 29.7 Å². The predicted molar refractivity (Wildman–Crippen MR) is 144 cm³/mol. The highest BCUT2D eigenvalue weighted by atomic mass is 16.5. The van der Waals surface area contributed by atoms with Crippen LogP contribution >= 0.6 is 0 Å². The Labute approximate surface area is 220 Å². The van der Waals surface area contributed by atoms with Gasteiger partial charge in [-0.05, 0) is 60.5 Å². The van der Waals surface area contributed by atoms with Gasteiger partial charge in [-0.3, -0.25) is 19.5 Å². The Morgan fingerprint density at radius 3 is 2.39 bits per heavy atom. The Hall–Kier alpha value is -4.91. The Balaban J connectivity index is 1.51. The van der Waals surface area contributed by atoms with Crippen LogP contribution in [0.4, 0.5) is 5.69 Å². The van der Waals surface area contributed by atoms with Crippen molar-refractivity contribution >= 4 is 23.1 Å². The van der Waals surface area contributed by atoms with Crippen LogP contribution in [0.3, 0.4) is 0 Å². The van der Waals surface area contributed by atoms with E-state index in [1.165, 1.54) is 4.90 Å². The summed E-state index contributed by atoms with van der Waals surface area (Å²) < 4.78 is 11.4. The number of ether oxygens (including phenoxy) is 2. The Morgan fingerprint density at radius 2 is 1.68 bits per heavy atom. The van der Waals surface area contributed by atoms with Crippen molar-refractivity contribution in [2.75, 3.05) is 11.5 Å². The van der Waals surface area contributed by atoms with E-state index in [4.69, 9.17) is 9.47 Å². The summed E-state index contributed by atoms with van der Waals surface area (Å²) in [4.78, 5) is 32.3. The van der Waals surface area contributed by atoms with Crippen molar-refractivity contribution in [1.29, 1.82) is 0 Å². The Bertz CT molecular complexity index is 1470. The number of hydrogen-bond acceptors (Lipinski definition) is 6. The maximum absolute atomic E-state index is 13.4. The van der Waals surface area contributed by atoms with E-state index in [-0.39, 0.29) is 11.3 Å². The molecule has 1 amide bonds. The van der Waals surface area contributed by atoms with Crippen molar-refractivity contribution in [2.45, 2.75) is 19.6 Å². The maximum atomic E-state index is 13.4. The van der Waals surface area contributed by atoms with Gasteiger partial charge in [0.05, 0.1) is 18.2 Å². The van der Waals surface area contributed by atoms with E-state index in [9.17, 15) is 14.7 Å². The highest BCUT2D eigenvalue weighted by molar-refractivity contribution is 6.51. The van der Waals surface area contributed by atoms with Crippen LogP contribution in [-0.2, 0) is 16.2 Å². The predicted octanol–water partition coefficient (Wildman–Crippen LogP) is 5.69. The molecule has 1 fully saturated rings. The normalized spacial score (nSPS) is 16.4. The fourth-order valence-corrected chi connectivity index (χ4v) is 4.45. The molecule has 2 heterocycles. The molecule has 0 radical (unpaired) electrons. The van der Waals surface area contributed by atoms with Gasteiger partial charge in [-0.25, -0.2) is 0 Å². The van der Waals surface area contributed by atoms with Crippen molar-refractivity contribution in [1.82, 2.24) is 4.98 Å². The van der Waals surface area contributed by atoms with Crippen molar-refractivity contribution in [3.8, 4) is 11.5 Å². The molecule has 3 aromatic carbocycles. The van der Waals surface area contributed by atoms with Crippen LogP contribution in [-0.4, -0.2) is 28.4 Å². The third-order valence-electron chi connectivity index (χ3n) is 6.23. The number of carbonyl (C=O) groups is 2. The van der Waals surface area contributed by atoms with Crippen LogP contribution in [0.2, 0.25) is 0 Å². The molecule has 0 aliphatic carbocycles. The van der Waals surface area contributed by atoms with E-state index in [1.54, 1.807) is 73.1 Å². The van der Waals surface area contributed by atoms with Gasteiger partial charge in [0.2, 0.25) is 0 Å². The number of carbonyl (C=O) groups excluding carboxylic acids is 2. The van der Waals surface area contributed by atoms with Gasteiger partial charge in [0, 0.05) is 23.6 Å². The van der Waals surface area contributed by atoms with Crippen molar-refractivity contribution < 1.29 is 24.2 Å². The van der Waals surface area contributed by atoms with E-state index in [0.29, 0.717) is 41.5 Å². The molecule has 1 aliphatic heterocycles. The summed E-state index contributed by atoms with van der Waals surface area (Å²) in [5.41, 5.74) is 2.49. The number of benzene rings is 3. The molecule has 1 saturated heterocycles. The first-order chi connectivity index (χ1) is 18.6. The number of rotatable bonds is 8. The summed E-state index contributed by atoms with van der Waals surface area (Å²) in [6, 6.07) is 26.2. The van der Waals surface area contributed by atoms with E-state index in [1.807, 2.05) is 37.3 Å². The summed E-state index contributed by atoms with van der Waals surface area (Å²) >= 11 is 0. The number of Topliss-reactive ketones (excluding diaryl/α,β-unsaturated/α-hetero) is 1. The standard InChI is InChI=1S/C31H26N2O5/c1-2-37-26-12-6-10-22(18-26)29(34)27-28(23-11-7-17-32-19-23)33(31(36)30(27)35)24-13-15-25(16-14-24)38-20-21-8-4-3-5-9-21/h3-19,28,34H,2,20H2,1H3/b29-27-. The summed E-state index contributed by atoms with van der Waals surface area (Å²) in [7, 11) is 0. The van der Waals surface area contributed by atoms with Crippen molar-refractivity contribution in [3.63, 3.8) is 0 Å². The molecule has 38 heavy (non-hydrogen) atoms. The Morgan fingerprint density at radius 1 is 0.895 bits per heavy atom. The zero-order valence-corrected chi connectivity index (χ0v) is 20.8. The zero-order chi connectivity index (χ0) is 26.5. The number of aliphatic hydroxyl groups excluding tert-OH is 1. The third kappa shape index (κ3) is 4.99. The highest BCUT2D eigenvalue weighted by Gasteiger charge is 2.47. The molecule has 1 aromatic heterocycles. The molecule has 0 saturated carbocycles. The molecular weight excluding hydrogens is 480 g/mol. The minimum Gasteiger partial charge on any atom is -0.507 e. The van der Waals surface area contributed by atoms with Gasteiger partial charge in [0.25, 0.3) is 11.7 Å². The number of ketones is 1. The number of hydrogen-bond donors (Lipinski definition) is 1. The minimum atomic E-state index is -0.865. The molecular formula is C31H26N2O5. The number of aliphatic hydroxyl groups is 1. The largest absolute Gasteiger partial charge is 0.507 e. The smallest absolute Gasteiger partial charge is 0.300 e. The van der Waals surface area contributed by atoms with E-state index < -0.39 is 17.7 Å². The lowest BCUT2D eigenvalue weighted by Crippen LogP contribution is -2.29. The molecule has 1 unspecified atom stereocenters.